The summed E-state index contributed by atoms with van der Waals surface area (Å²) in [6.07, 6.45) is 3.09. The molecule has 0 amide bonds. The molecular weight excluding hydrogens is 354 g/mol. The van der Waals surface area contributed by atoms with Crippen LogP contribution < -0.4 is 4.72 Å². The van der Waals surface area contributed by atoms with E-state index in [-0.39, 0.29) is 4.21 Å². The van der Waals surface area contributed by atoms with Crippen molar-refractivity contribution in [3.8, 4) is 0 Å². The van der Waals surface area contributed by atoms with Gasteiger partial charge in [0.1, 0.15) is 0 Å². The van der Waals surface area contributed by atoms with E-state index in [1.807, 2.05) is 0 Å². The standard InChI is InChI=1S/C10H12BrN3O3S2/c1-17-4-3-14-7-8(6-12-14)13-19(15,16)10-9(11)2-5-18-10/h2,5-7,13H,3-4H2,1H3. The van der Waals surface area contributed by atoms with Gasteiger partial charge in [0.25, 0.3) is 10.0 Å². The van der Waals surface area contributed by atoms with E-state index in [1.54, 1.807) is 29.4 Å². The molecule has 1 N–H and O–H groups in total. The summed E-state index contributed by atoms with van der Waals surface area (Å²) < 4.78 is 34.1. The molecule has 0 radical (unpaired) electrons. The molecule has 0 saturated carbocycles. The second-order valence-electron chi connectivity index (χ2n) is 3.65. The molecule has 0 bridgehead atoms. The van der Waals surface area contributed by atoms with Crippen LogP contribution in [-0.4, -0.2) is 31.9 Å². The topological polar surface area (TPSA) is 73.2 Å². The number of hydrogen-bond acceptors (Lipinski definition) is 5. The molecule has 0 saturated heterocycles. The quantitative estimate of drug-likeness (QED) is 0.850. The predicted molar refractivity (Wildman–Crippen MR) is 76.9 cm³/mol. The summed E-state index contributed by atoms with van der Waals surface area (Å²) in [4.78, 5) is 0. The fourth-order valence-electron chi connectivity index (χ4n) is 1.40. The van der Waals surface area contributed by atoms with Gasteiger partial charge in [-0.2, -0.15) is 5.10 Å². The number of methoxy groups -OCH3 is 1. The number of thiophene rings is 1. The van der Waals surface area contributed by atoms with Crippen LogP contribution in [0.3, 0.4) is 0 Å². The Morgan fingerprint density at radius 1 is 1.58 bits per heavy atom. The lowest BCUT2D eigenvalue weighted by Gasteiger charge is -2.04. The molecule has 2 heterocycles. The molecule has 2 aromatic heterocycles. The van der Waals surface area contributed by atoms with Crippen LogP contribution in [0.4, 0.5) is 5.69 Å². The Morgan fingerprint density at radius 2 is 2.37 bits per heavy atom. The van der Waals surface area contributed by atoms with Gasteiger partial charge in [-0.15, -0.1) is 11.3 Å². The number of ether oxygens (including phenoxy) is 1. The zero-order valence-electron chi connectivity index (χ0n) is 10.0. The van der Waals surface area contributed by atoms with Crippen LogP contribution >= 0.6 is 27.3 Å². The lowest BCUT2D eigenvalue weighted by molar-refractivity contribution is 0.183. The van der Waals surface area contributed by atoms with Crippen LogP contribution in [0.15, 0.2) is 32.5 Å². The maximum atomic E-state index is 12.1. The van der Waals surface area contributed by atoms with Gasteiger partial charge in [0.05, 0.1) is 25.0 Å². The number of hydrogen-bond donors (Lipinski definition) is 1. The highest BCUT2D eigenvalue weighted by Gasteiger charge is 2.19. The number of nitrogens with one attached hydrogen (secondary N) is 1. The van der Waals surface area contributed by atoms with Crippen molar-refractivity contribution >= 4 is 43.0 Å². The maximum absolute atomic E-state index is 12.1. The van der Waals surface area contributed by atoms with Crippen LogP contribution in [0.1, 0.15) is 0 Å². The van der Waals surface area contributed by atoms with Crippen molar-refractivity contribution < 1.29 is 13.2 Å². The Hall–Kier alpha value is -0.900. The van der Waals surface area contributed by atoms with E-state index in [9.17, 15) is 8.42 Å². The van der Waals surface area contributed by atoms with Crippen LogP contribution in [0.25, 0.3) is 0 Å². The number of sulfonamides is 1. The molecule has 0 aromatic carbocycles. The zero-order valence-corrected chi connectivity index (χ0v) is 13.3. The number of halogens is 1. The van der Waals surface area contributed by atoms with E-state index in [1.165, 1.54) is 6.20 Å². The highest BCUT2D eigenvalue weighted by atomic mass is 79.9. The van der Waals surface area contributed by atoms with Gasteiger partial charge in [0, 0.05) is 17.8 Å². The number of anilines is 1. The molecule has 6 nitrogen and oxygen atoms in total. The van der Waals surface area contributed by atoms with Crippen molar-refractivity contribution in [2.45, 2.75) is 10.8 Å². The van der Waals surface area contributed by atoms with Gasteiger partial charge in [-0.05, 0) is 27.4 Å². The number of nitrogens with zero attached hydrogens (tertiary/aromatic N) is 2. The smallest absolute Gasteiger partial charge is 0.272 e. The van der Waals surface area contributed by atoms with Gasteiger partial charge in [0.15, 0.2) is 4.21 Å². The molecule has 0 fully saturated rings. The van der Waals surface area contributed by atoms with E-state index in [2.05, 4.69) is 25.8 Å². The molecule has 2 aromatic rings. The average Bonchev–Trinajstić information content (AvgIpc) is 2.95. The Kier molecular flexibility index (Phi) is 4.61. The summed E-state index contributed by atoms with van der Waals surface area (Å²) in [5.74, 6) is 0. The highest BCUT2D eigenvalue weighted by molar-refractivity contribution is 9.10. The summed E-state index contributed by atoms with van der Waals surface area (Å²) in [5, 5.41) is 5.75. The SMILES string of the molecule is COCCn1cc(NS(=O)(=O)c2sccc2Br)cn1. The summed E-state index contributed by atoms with van der Waals surface area (Å²) in [7, 11) is -1.97. The number of rotatable bonds is 6. The van der Waals surface area contributed by atoms with Crippen molar-refractivity contribution in [3.63, 3.8) is 0 Å². The molecule has 0 aliphatic rings. The molecule has 0 aliphatic heterocycles. The van der Waals surface area contributed by atoms with Gasteiger partial charge in [0.2, 0.25) is 0 Å². The van der Waals surface area contributed by atoms with E-state index in [0.717, 1.165) is 11.3 Å². The molecular formula is C10H12BrN3O3S2. The minimum absolute atomic E-state index is 0.247. The minimum Gasteiger partial charge on any atom is -0.383 e. The predicted octanol–water partition coefficient (Wildman–Crippen LogP) is 2.15. The Bertz CT molecular complexity index is 651. The third-order valence-electron chi connectivity index (χ3n) is 2.24. The van der Waals surface area contributed by atoms with E-state index < -0.39 is 10.0 Å². The minimum atomic E-state index is -3.57. The van der Waals surface area contributed by atoms with Crippen molar-refractivity contribution in [3.05, 3.63) is 28.3 Å². The fourth-order valence-corrected chi connectivity index (χ4v) is 4.76. The van der Waals surface area contributed by atoms with Gasteiger partial charge in [-0.3, -0.25) is 9.40 Å². The lowest BCUT2D eigenvalue weighted by Crippen LogP contribution is -2.11. The van der Waals surface area contributed by atoms with Gasteiger partial charge >= 0.3 is 0 Å². The summed E-state index contributed by atoms with van der Waals surface area (Å²) in [6.45, 7) is 1.09. The van der Waals surface area contributed by atoms with Crippen molar-refractivity contribution in [2.75, 3.05) is 18.4 Å². The Morgan fingerprint density at radius 3 is 3.00 bits per heavy atom. The Labute approximate surface area is 123 Å². The van der Waals surface area contributed by atoms with Crippen molar-refractivity contribution in [1.29, 1.82) is 0 Å². The van der Waals surface area contributed by atoms with Crippen LogP contribution in [0, 0.1) is 0 Å². The van der Waals surface area contributed by atoms with E-state index in [4.69, 9.17) is 4.74 Å². The van der Waals surface area contributed by atoms with Crippen LogP contribution in [0.2, 0.25) is 0 Å². The molecule has 19 heavy (non-hydrogen) atoms. The molecule has 0 atom stereocenters. The maximum Gasteiger partial charge on any atom is 0.272 e. The third kappa shape index (κ3) is 3.56. The molecule has 2 rings (SSSR count). The summed E-state index contributed by atoms with van der Waals surface area (Å²) in [5.41, 5.74) is 0.427. The fraction of sp³-hybridized carbons (Fsp3) is 0.300. The first-order valence-corrected chi connectivity index (χ1v) is 8.46. The normalized spacial score (nSPS) is 11.7. The second kappa shape index (κ2) is 6.04. The molecule has 0 unspecified atom stereocenters. The average molecular weight is 366 g/mol. The van der Waals surface area contributed by atoms with E-state index in [0.29, 0.717) is 23.3 Å². The van der Waals surface area contributed by atoms with Crippen LogP contribution in [0.5, 0.6) is 0 Å². The Balaban J connectivity index is 2.13. The molecule has 104 valence electrons. The molecule has 0 spiro atoms. The summed E-state index contributed by atoms with van der Waals surface area (Å²) >= 11 is 4.36. The first-order chi connectivity index (χ1) is 9.03. The molecule has 9 heteroatoms. The number of aromatic nitrogens is 2. The first-order valence-electron chi connectivity index (χ1n) is 5.30. The highest BCUT2D eigenvalue weighted by Crippen LogP contribution is 2.29. The molecule has 0 aliphatic carbocycles. The van der Waals surface area contributed by atoms with Gasteiger partial charge in [-0.25, -0.2) is 8.42 Å². The zero-order chi connectivity index (χ0) is 13.9. The summed E-state index contributed by atoms with van der Waals surface area (Å²) in [6, 6.07) is 1.70. The first kappa shape index (κ1) is 14.5. The second-order valence-corrected chi connectivity index (χ2v) is 7.29. The third-order valence-corrected chi connectivity index (χ3v) is 6.29. The van der Waals surface area contributed by atoms with Crippen LogP contribution in [-0.2, 0) is 21.3 Å². The largest absolute Gasteiger partial charge is 0.383 e. The monoisotopic (exact) mass is 365 g/mol. The lowest BCUT2D eigenvalue weighted by atomic mass is 10.6. The van der Waals surface area contributed by atoms with Crippen molar-refractivity contribution in [2.24, 2.45) is 0 Å². The van der Waals surface area contributed by atoms with Gasteiger partial charge < -0.3 is 4.74 Å². The van der Waals surface area contributed by atoms with Crippen molar-refractivity contribution in [1.82, 2.24) is 9.78 Å². The van der Waals surface area contributed by atoms with E-state index >= 15 is 0 Å². The van der Waals surface area contributed by atoms with Gasteiger partial charge in [-0.1, -0.05) is 0 Å².